The summed E-state index contributed by atoms with van der Waals surface area (Å²) >= 11 is 0. The lowest BCUT2D eigenvalue weighted by atomic mass is 10.1. The van der Waals surface area contributed by atoms with Crippen molar-refractivity contribution < 1.29 is 14.7 Å². The number of amides is 1. The smallest absolute Gasteiger partial charge is 0.335 e. The third-order valence-corrected chi connectivity index (χ3v) is 2.18. The van der Waals surface area contributed by atoms with Gasteiger partial charge in [-0.3, -0.25) is 4.79 Å². The van der Waals surface area contributed by atoms with Crippen molar-refractivity contribution in [2.45, 2.75) is 6.54 Å². The molecule has 8 nitrogen and oxygen atoms in total. The van der Waals surface area contributed by atoms with Crippen molar-refractivity contribution in [1.82, 2.24) is 25.9 Å². The molecule has 0 fully saturated rings. The summed E-state index contributed by atoms with van der Waals surface area (Å²) < 4.78 is 0. The molecule has 2 rings (SSSR count). The molecule has 92 valence electrons. The van der Waals surface area contributed by atoms with Crippen molar-refractivity contribution in [2.75, 3.05) is 0 Å². The van der Waals surface area contributed by atoms with Crippen LogP contribution in [0.5, 0.6) is 0 Å². The summed E-state index contributed by atoms with van der Waals surface area (Å²) in [7, 11) is 0. The fourth-order valence-electron chi connectivity index (χ4n) is 1.33. The first-order chi connectivity index (χ1) is 8.66. The second-order valence-corrected chi connectivity index (χ2v) is 3.42. The van der Waals surface area contributed by atoms with Crippen molar-refractivity contribution in [3.05, 3.63) is 41.2 Å². The number of carbonyl (C=O) groups is 2. The molecular formula is C10H9N5O3. The fourth-order valence-corrected chi connectivity index (χ4v) is 1.33. The van der Waals surface area contributed by atoms with Gasteiger partial charge in [0.05, 0.1) is 5.56 Å². The van der Waals surface area contributed by atoms with Crippen molar-refractivity contribution >= 4 is 11.9 Å². The lowest BCUT2D eigenvalue weighted by Gasteiger charge is -2.03. The number of H-pyrrole nitrogens is 1. The van der Waals surface area contributed by atoms with E-state index in [0.29, 0.717) is 5.56 Å². The normalized spacial score (nSPS) is 10.0. The first-order valence-corrected chi connectivity index (χ1v) is 5.00. The first-order valence-electron chi connectivity index (χ1n) is 5.00. The molecule has 0 atom stereocenters. The van der Waals surface area contributed by atoms with Crippen LogP contribution in [0.1, 0.15) is 26.5 Å². The van der Waals surface area contributed by atoms with Gasteiger partial charge in [0, 0.05) is 6.54 Å². The minimum absolute atomic E-state index is 0.0654. The maximum absolute atomic E-state index is 11.5. The molecule has 0 saturated carbocycles. The number of aromatic nitrogens is 4. The second-order valence-electron chi connectivity index (χ2n) is 3.42. The number of aromatic amines is 1. The lowest BCUT2D eigenvalue weighted by Crippen LogP contribution is -2.24. The minimum atomic E-state index is -1.01. The van der Waals surface area contributed by atoms with Gasteiger partial charge in [0.2, 0.25) is 0 Å². The number of hydrogen-bond acceptors (Lipinski definition) is 5. The summed E-state index contributed by atoms with van der Waals surface area (Å²) in [6.45, 7) is 0.189. The van der Waals surface area contributed by atoms with E-state index < -0.39 is 11.9 Å². The molecule has 1 aromatic heterocycles. The van der Waals surface area contributed by atoms with Crippen LogP contribution in [-0.4, -0.2) is 37.6 Å². The zero-order chi connectivity index (χ0) is 13.0. The highest BCUT2D eigenvalue weighted by atomic mass is 16.4. The molecule has 0 aliphatic carbocycles. The summed E-state index contributed by atoms with van der Waals surface area (Å²) in [4.78, 5) is 22.2. The molecule has 18 heavy (non-hydrogen) atoms. The van der Waals surface area contributed by atoms with Crippen LogP contribution in [0, 0.1) is 0 Å². The van der Waals surface area contributed by atoms with E-state index in [1.54, 1.807) is 12.1 Å². The molecule has 2 aromatic rings. The average molecular weight is 247 g/mol. The molecule has 0 unspecified atom stereocenters. The Kier molecular flexibility index (Phi) is 3.28. The molecule has 3 N–H and O–H groups in total. The van der Waals surface area contributed by atoms with Gasteiger partial charge >= 0.3 is 5.97 Å². The third-order valence-electron chi connectivity index (χ3n) is 2.18. The highest BCUT2D eigenvalue weighted by molar-refractivity contribution is 5.90. The highest BCUT2D eigenvalue weighted by Gasteiger charge is 2.10. The summed E-state index contributed by atoms with van der Waals surface area (Å²) in [5, 5.41) is 23.8. The highest BCUT2D eigenvalue weighted by Crippen LogP contribution is 2.05. The summed E-state index contributed by atoms with van der Waals surface area (Å²) in [5.41, 5.74) is 0.841. The summed E-state index contributed by atoms with van der Waals surface area (Å²) in [6.07, 6.45) is 0. The van der Waals surface area contributed by atoms with Gasteiger partial charge < -0.3 is 10.4 Å². The Labute approximate surface area is 101 Å². The van der Waals surface area contributed by atoms with Gasteiger partial charge in [0.15, 0.2) is 0 Å². The molecular weight excluding hydrogens is 238 g/mol. The SMILES string of the molecule is O=C(O)c1cccc(CNC(=O)c2nn[nH]n2)c1. The van der Waals surface area contributed by atoms with E-state index in [9.17, 15) is 9.59 Å². The van der Waals surface area contributed by atoms with Gasteiger partial charge in [-0.05, 0) is 22.9 Å². The molecule has 0 saturated heterocycles. The van der Waals surface area contributed by atoms with Gasteiger partial charge in [-0.1, -0.05) is 12.1 Å². The number of hydrogen-bond donors (Lipinski definition) is 3. The van der Waals surface area contributed by atoms with Gasteiger partial charge in [-0.25, -0.2) is 4.79 Å². The summed E-state index contributed by atoms with van der Waals surface area (Å²) in [6, 6.07) is 6.29. The zero-order valence-corrected chi connectivity index (χ0v) is 9.12. The van der Waals surface area contributed by atoms with Crippen LogP contribution in [0.3, 0.4) is 0 Å². The molecule has 0 aliphatic heterocycles. The van der Waals surface area contributed by atoms with E-state index in [-0.39, 0.29) is 17.9 Å². The Hall–Kier alpha value is -2.77. The molecule has 0 radical (unpaired) electrons. The average Bonchev–Trinajstić information content (AvgIpc) is 2.90. The maximum Gasteiger partial charge on any atom is 0.335 e. The Morgan fingerprint density at radius 3 is 2.89 bits per heavy atom. The Bertz CT molecular complexity index is 567. The van der Waals surface area contributed by atoms with Crippen LogP contribution >= 0.6 is 0 Å². The van der Waals surface area contributed by atoms with E-state index in [4.69, 9.17) is 5.11 Å². The third kappa shape index (κ3) is 2.67. The predicted molar refractivity (Wildman–Crippen MR) is 58.7 cm³/mol. The van der Waals surface area contributed by atoms with Crippen molar-refractivity contribution in [2.24, 2.45) is 0 Å². The van der Waals surface area contributed by atoms with E-state index in [1.807, 2.05) is 0 Å². The monoisotopic (exact) mass is 247 g/mol. The number of carbonyl (C=O) groups excluding carboxylic acids is 1. The number of tetrazole rings is 1. The number of nitrogens with zero attached hydrogens (tertiary/aromatic N) is 3. The topological polar surface area (TPSA) is 121 Å². The first kappa shape index (κ1) is 11.7. The number of benzene rings is 1. The molecule has 1 amide bonds. The number of carboxylic acid groups (broad SMARTS) is 1. The molecule has 0 spiro atoms. The predicted octanol–water partition coefficient (Wildman–Crippen LogP) is -0.172. The van der Waals surface area contributed by atoms with Crippen molar-refractivity contribution in [1.29, 1.82) is 0 Å². The van der Waals surface area contributed by atoms with Gasteiger partial charge in [0.25, 0.3) is 11.7 Å². The van der Waals surface area contributed by atoms with E-state index in [2.05, 4.69) is 25.9 Å². The number of aromatic carboxylic acids is 1. The van der Waals surface area contributed by atoms with Gasteiger partial charge in [-0.15, -0.1) is 10.2 Å². The maximum atomic E-state index is 11.5. The number of nitrogens with one attached hydrogen (secondary N) is 2. The Morgan fingerprint density at radius 2 is 2.22 bits per heavy atom. The molecule has 1 aromatic carbocycles. The van der Waals surface area contributed by atoms with Crippen LogP contribution in [0.15, 0.2) is 24.3 Å². The van der Waals surface area contributed by atoms with Crippen LogP contribution < -0.4 is 5.32 Å². The molecule has 0 aliphatic rings. The fraction of sp³-hybridized carbons (Fsp3) is 0.100. The van der Waals surface area contributed by atoms with Crippen LogP contribution in [0.4, 0.5) is 0 Å². The van der Waals surface area contributed by atoms with Crippen LogP contribution in [-0.2, 0) is 6.54 Å². The zero-order valence-electron chi connectivity index (χ0n) is 9.12. The second kappa shape index (κ2) is 5.04. The van der Waals surface area contributed by atoms with E-state index in [1.165, 1.54) is 12.1 Å². The standard InChI is InChI=1S/C10H9N5O3/c16-9(8-12-14-15-13-8)11-5-6-2-1-3-7(4-6)10(17)18/h1-4H,5H2,(H,11,16)(H,17,18)(H,12,13,14,15). The largest absolute Gasteiger partial charge is 0.478 e. The van der Waals surface area contributed by atoms with Crippen molar-refractivity contribution in [3.8, 4) is 0 Å². The number of rotatable bonds is 4. The summed E-state index contributed by atoms with van der Waals surface area (Å²) in [5.74, 6) is -1.56. The van der Waals surface area contributed by atoms with E-state index >= 15 is 0 Å². The van der Waals surface area contributed by atoms with Gasteiger partial charge in [-0.2, -0.15) is 5.21 Å². The Balaban J connectivity index is 2.00. The Morgan fingerprint density at radius 1 is 1.39 bits per heavy atom. The molecule has 8 heteroatoms. The lowest BCUT2D eigenvalue weighted by molar-refractivity contribution is 0.0696. The molecule has 1 heterocycles. The number of carboxylic acids is 1. The van der Waals surface area contributed by atoms with Crippen LogP contribution in [0.25, 0.3) is 0 Å². The van der Waals surface area contributed by atoms with Gasteiger partial charge in [0.1, 0.15) is 0 Å². The quantitative estimate of drug-likeness (QED) is 0.689. The van der Waals surface area contributed by atoms with Crippen molar-refractivity contribution in [3.63, 3.8) is 0 Å². The molecule has 0 bridgehead atoms. The minimum Gasteiger partial charge on any atom is -0.478 e. The van der Waals surface area contributed by atoms with Crippen LogP contribution in [0.2, 0.25) is 0 Å². The van der Waals surface area contributed by atoms with E-state index in [0.717, 1.165) is 0 Å².